The molecule has 1 aromatic carbocycles. The molecule has 23 heavy (non-hydrogen) atoms. The molecular formula is C16H20N6O. The van der Waals surface area contributed by atoms with Crippen molar-refractivity contribution in [2.24, 2.45) is 0 Å². The second-order valence-electron chi connectivity index (χ2n) is 5.28. The zero-order valence-electron chi connectivity index (χ0n) is 13.1. The topological polar surface area (TPSA) is 81.6 Å². The van der Waals surface area contributed by atoms with Crippen LogP contribution >= 0.6 is 0 Å². The zero-order chi connectivity index (χ0) is 16.1. The molecule has 3 aromatic rings. The van der Waals surface area contributed by atoms with Gasteiger partial charge in [0.05, 0.1) is 0 Å². The maximum Gasteiger partial charge on any atom is 0.183 e. The number of benzene rings is 1. The Balaban J connectivity index is 1.70. The van der Waals surface area contributed by atoms with Crippen molar-refractivity contribution in [2.45, 2.75) is 39.0 Å². The highest BCUT2D eigenvalue weighted by Crippen LogP contribution is 2.19. The van der Waals surface area contributed by atoms with E-state index in [1.165, 1.54) is 6.33 Å². The lowest BCUT2D eigenvalue weighted by atomic mass is 10.1. The van der Waals surface area contributed by atoms with Crippen LogP contribution in [0, 0.1) is 0 Å². The summed E-state index contributed by atoms with van der Waals surface area (Å²) in [5, 5.41) is 19.0. The molecule has 0 amide bonds. The molecule has 1 atom stereocenters. The van der Waals surface area contributed by atoms with Gasteiger partial charge in [-0.2, -0.15) is 10.2 Å². The van der Waals surface area contributed by atoms with E-state index in [1.807, 2.05) is 41.9 Å². The molecule has 0 spiro atoms. The summed E-state index contributed by atoms with van der Waals surface area (Å²) in [5.74, 6) is 1.34. The number of hydrogen-bond acceptors (Lipinski definition) is 5. The minimum absolute atomic E-state index is 0.453. The molecule has 0 fully saturated rings. The highest BCUT2D eigenvalue weighted by Gasteiger charge is 2.17. The molecule has 1 N–H and O–H groups in total. The van der Waals surface area contributed by atoms with Crippen LogP contribution in [-0.2, 0) is 19.5 Å². The number of aryl methyl sites for hydroxylation is 3. The summed E-state index contributed by atoms with van der Waals surface area (Å²) >= 11 is 0. The standard InChI is InChI=1S/C16H20N6O/c1-2-22-14(9-6-10-21-12-17-11-18-21)19-16(20-22)15(23)13-7-4-3-5-8-13/h3-5,7-8,11-12,15,23H,2,6,9-10H2,1H3/t15-/m1/s1. The fraction of sp³-hybridized carbons (Fsp3) is 0.375. The average molecular weight is 312 g/mol. The smallest absolute Gasteiger partial charge is 0.183 e. The highest BCUT2D eigenvalue weighted by molar-refractivity contribution is 5.22. The van der Waals surface area contributed by atoms with Gasteiger partial charge in [0.2, 0.25) is 0 Å². The predicted octanol–water partition coefficient (Wildman–Crippen LogP) is 1.60. The van der Waals surface area contributed by atoms with E-state index < -0.39 is 6.10 Å². The molecule has 0 aliphatic rings. The zero-order valence-corrected chi connectivity index (χ0v) is 13.1. The lowest BCUT2D eigenvalue weighted by molar-refractivity contribution is 0.209. The van der Waals surface area contributed by atoms with Crippen LogP contribution in [-0.4, -0.2) is 34.6 Å². The molecule has 7 nitrogen and oxygen atoms in total. The first-order valence-corrected chi connectivity index (χ1v) is 7.77. The number of rotatable bonds is 7. The van der Waals surface area contributed by atoms with Gasteiger partial charge in [-0.1, -0.05) is 30.3 Å². The number of aromatic nitrogens is 6. The van der Waals surface area contributed by atoms with E-state index in [0.717, 1.165) is 37.3 Å². The van der Waals surface area contributed by atoms with Crippen LogP contribution in [0.3, 0.4) is 0 Å². The third-order valence-corrected chi connectivity index (χ3v) is 3.68. The van der Waals surface area contributed by atoms with Crippen LogP contribution in [0.4, 0.5) is 0 Å². The number of aliphatic hydroxyl groups is 1. The van der Waals surface area contributed by atoms with Gasteiger partial charge in [-0.15, -0.1) is 0 Å². The van der Waals surface area contributed by atoms with Gasteiger partial charge < -0.3 is 5.11 Å². The first kappa shape index (κ1) is 15.4. The summed E-state index contributed by atoms with van der Waals surface area (Å²) in [6.07, 6.45) is 4.11. The quantitative estimate of drug-likeness (QED) is 0.716. The molecule has 3 rings (SSSR count). The van der Waals surface area contributed by atoms with Crippen molar-refractivity contribution in [1.82, 2.24) is 29.5 Å². The summed E-state index contributed by atoms with van der Waals surface area (Å²) in [4.78, 5) is 8.46. The Hall–Kier alpha value is -2.54. The van der Waals surface area contributed by atoms with Gasteiger partial charge >= 0.3 is 0 Å². The van der Waals surface area contributed by atoms with E-state index in [2.05, 4.69) is 20.2 Å². The summed E-state index contributed by atoms with van der Waals surface area (Å²) in [5.41, 5.74) is 0.801. The van der Waals surface area contributed by atoms with Gasteiger partial charge in [-0.25, -0.2) is 14.6 Å². The lowest BCUT2D eigenvalue weighted by Crippen LogP contribution is -2.06. The molecule has 0 aliphatic carbocycles. The van der Waals surface area contributed by atoms with Crippen LogP contribution < -0.4 is 0 Å². The van der Waals surface area contributed by atoms with Gasteiger partial charge in [-0.3, -0.25) is 4.68 Å². The largest absolute Gasteiger partial charge is 0.380 e. The van der Waals surface area contributed by atoms with Gasteiger partial charge in [0.25, 0.3) is 0 Å². The SMILES string of the molecule is CCn1nc([C@H](O)c2ccccc2)nc1CCCn1cncn1. The van der Waals surface area contributed by atoms with Gasteiger partial charge in [0.1, 0.15) is 24.6 Å². The second-order valence-corrected chi connectivity index (χ2v) is 5.28. The van der Waals surface area contributed by atoms with Crippen LogP contribution in [0.2, 0.25) is 0 Å². The minimum Gasteiger partial charge on any atom is -0.380 e. The van der Waals surface area contributed by atoms with Crippen LogP contribution in [0.25, 0.3) is 0 Å². The van der Waals surface area contributed by atoms with E-state index >= 15 is 0 Å². The minimum atomic E-state index is -0.793. The molecule has 7 heteroatoms. The normalized spacial score (nSPS) is 12.4. The second kappa shape index (κ2) is 7.15. The Morgan fingerprint density at radius 3 is 2.74 bits per heavy atom. The molecule has 2 aromatic heterocycles. The van der Waals surface area contributed by atoms with Crippen LogP contribution in [0.15, 0.2) is 43.0 Å². The van der Waals surface area contributed by atoms with Gasteiger partial charge in [0.15, 0.2) is 5.82 Å². The molecule has 0 unspecified atom stereocenters. The van der Waals surface area contributed by atoms with E-state index in [9.17, 15) is 5.11 Å². The van der Waals surface area contributed by atoms with Crippen molar-refractivity contribution in [1.29, 1.82) is 0 Å². The van der Waals surface area contributed by atoms with Crippen molar-refractivity contribution < 1.29 is 5.11 Å². The third-order valence-electron chi connectivity index (χ3n) is 3.68. The summed E-state index contributed by atoms with van der Waals surface area (Å²) in [6.45, 7) is 3.54. The Bertz CT molecular complexity index is 722. The Morgan fingerprint density at radius 1 is 1.22 bits per heavy atom. The highest BCUT2D eigenvalue weighted by atomic mass is 16.3. The van der Waals surface area contributed by atoms with Crippen molar-refractivity contribution in [2.75, 3.05) is 0 Å². The Kier molecular flexibility index (Phi) is 4.77. The summed E-state index contributed by atoms with van der Waals surface area (Å²) in [7, 11) is 0. The van der Waals surface area contributed by atoms with E-state index in [-0.39, 0.29) is 0 Å². The first-order valence-electron chi connectivity index (χ1n) is 7.77. The predicted molar refractivity (Wildman–Crippen MR) is 84.5 cm³/mol. The van der Waals surface area contributed by atoms with Crippen molar-refractivity contribution in [3.05, 3.63) is 60.2 Å². The average Bonchev–Trinajstić information content (AvgIpc) is 3.24. The molecule has 0 bridgehead atoms. The summed E-state index contributed by atoms with van der Waals surface area (Å²) < 4.78 is 3.65. The fourth-order valence-corrected chi connectivity index (χ4v) is 2.48. The van der Waals surface area contributed by atoms with E-state index in [0.29, 0.717) is 5.82 Å². The van der Waals surface area contributed by atoms with Crippen molar-refractivity contribution >= 4 is 0 Å². The van der Waals surface area contributed by atoms with Crippen LogP contribution in [0.1, 0.15) is 36.7 Å². The number of hydrogen-bond donors (Lipinski definition) is 1. The molecule has 0 saturated carbocycles. The van der Waals surface area contributed by atoms with Gasteiger partial charge in [0, 0.05) is 19.5 Å². The van der Waals surface area contributed by atoms with Gasteiger partial charge in [-0.05, 0) is 18.9 Å². The van der Waals surface area contributed by atoms with Crippen LogP contribution in [0.5, 0.6) is 0 Å². The Morgan fingerprint density at radius 2 is 2.04 bits per heavy atom. The molecule has 0 aliphatic heterocycles. The first-order chi connectivity index (χ1) is 11.3. The van der Waals surface area contributed by atoms with Crippen molar-refractivity contribution in [3.8, 4) is 0 Å². The summed E-state index contributed by atoms with van der Waals surface area (Å²) in [6, 6.07) is 9.47. The number of aliphatic hydroxyl groups excluding tert-OH is 1. The molecule has 2 heterocycles. The van der Waals surface area contributed by atoms with Crippen molar-refractivity contribution in [3.63, 3.8) is 0 Å². The maximum atomic E-state index is 10.4. The molecular weight excluding hydrogens is 292 g/mol. The Labute approximate surface area is 134 Å². The van der Waals surface area contributed by atoms with E-state index in [4.69, 9.17) is 0 Å². The third kappa shape index (κ3) is 3.62. The van der Waals surface area contributed by atoms with E-state index in [1.54, 1.807) is 11.0 Å². The maximum absolute atomic E-state index is 10.4. The monoisotopic (exact) mass is 312 g/mol. The molecule has 0 saturated heterocycles. The molecule has 0 radical (unpaired) electrons. The number of nitrogens with zero attached hydrogens (tertiary/aromatic N) is 6. The lowest BCUT2D eigenvalue weighted by Gasteiger charge is -2.05. The molecule has 120 valence electrons. The fourth-order valence-electron chi connectivity index (χ4n) is 2.48.